The minimum Gasteiger partial charge on any atom is -0.203 e. The van der Waals surface area contributed by atoms with Gasteiger partial charge in [-0.1, -0.05) is 57.3 Å². The molecule has 0 bridgehead atoms. The molecular weight excluding hydrogens is 474 g/mol. The Balaban J connectivity index is 3.74. The third-order valence-electron chi connectivity index (χ3n) is 2.31. The molecule has 0 saturated heterocycles. The molecule has 0 radical (unpaired) electrons. The topological polar surface area (TPSA) is 0 Å². The van der Waals surface area contributed by atoms with Crippen molar-refractivity contribution in [2.24, 2.45) is 0 Å². The van der Waals surface area contributed by atoms with E-state index in [0.29, 0.717) is 0 Å². The molecular formula is C12H8F4I2. The molecule has 1 rings (SSSR count). The van der Waals surface area contributed by atoms with Crippen molar-refractivity contribution < 1.29 is 17.6 Å². The molecule has 0 aromatic heterocycles. The van der Waals surface area contributed by atoms with Crippen molar-refractivity contribution in [2.45, 2.75) is 7.85 Å². The maximum atomic E-state index is 13.8. The zero-order valence-electron chi connectivity index (χ0n) is 8.99. The molecule has 1 aromatic carbocycles. The number of rotatable bonds is 4. The lowest BCUT2D eigenvalue weighted by Gasteiger charge is -2.17. The Morgan fingerprint density at radius 3 is 1.22 bits per heavy atom. The SMILES string of the molecule is C=CC(I)c1c(F)c(F)c(F)c(F)c1C(I)C=C. The van der Waals surface area contributed by atoms with Gasteiger partial charge in [0, 0.05) is 11.1 Å². The first kappa shape index (κ1) is 15.9. The molecule has 0 aliphatic carbocycles. The molecule has 0 nitrogen and oxygen atoms in total. The monoisotopic (exact) mass is 482 g/mol. The summed E-state index contributed by atoms with van der Waals surface area (Å²) in [5.74, 6) is -6.37. The number of hydrogen-bond donors (Lipinski definition) is 0. The summed E-state index contributed by atoms with van der Waals surface area (Å²) in [4.78, 5) is 0. The van der Waals surface area contributed by atoms with Gasteiger partial charge in [-0.25, -0.2) is 17.6 Å². The molecule has 0 spiro atoms. The van der Waals surface area contributed by atoms with Crippen LogP contribution in [0, 0.1) is 23.3 Å². The van der Waals surface area contributed by atoms with Crippen LogP contribution in [0.5, 0.6) is 0 Å². The Morgan fingerprint density at radius 1 is 0.722 bits per heavy atom. The fourth-order valence-corrected chi connectivity index (χ4v) is 2.66. The van der Waals surface area contributed by atoms with Crippen molar-refractivity contribution in [1.82, 2.24) is 0 Å². The molecule has 0 heterocycles. The summed E-state index contributed by atoms with van der Waals surface area (Å²) in [6.45, 7) is 6.89. The number of hydrogen-bond acceptors (Lipinski definition) is 0. The van der Waals surface area contributed by atoms with E-state index in [-0.39, 0.29) is 11.1 Å². The van der Waals surface area contributed by atoms with E-state index in [2.05, 4.69) is 13.2 Å². The zero-order chi connectivity index (χ0) is 14.0. The second-order valence-corrected chi connectivity index (χ2v) is 6.04. The Hall–Kier alpha value is -0.120. The summed E-state index contributed by atoms with van der Waals surface area (Å²) < 4.78 is 52.7. The van der Waals surface area contributed by atoms with Crippen LogP contribution in [-0.4, -0.2) is 0 Å². The smallest absolute Gasteiger partial charge is 0.197 e. The largest absolute Gasteiger partial charge is 0.203 e. The van der Waals surface area contributed by atoms with Crippen molar-refractivity contribution in [3.63, 3.8) is 0 Å². The van der Waals surface area contributed by atoms with Crippen LogP contribution in [0.1, 0.15) is 19.0 Å². The van der Waals surface area contributed by atoms with Gasteiger partial charge in [-0.05, 0) is 0 Å². The van der Waals surface area contributed by atoms with Gasteiger partial charge in [-0.3, -0.25) is 0 Å². The van der Waals surface area contributed by atoms with Crippen LogP contribution in [-0.2, 0) is 0 Å². The number of alkyl halides is 2. The zero-order valence-corrected chi connectivity index (χ0v) is 13.3. The highest BCUT2D eigenvalue weighted by molar-refractivity contribution is 14.1. The molecule has 0 N–H and O–H groups in total. The molecule has 2 atom stereocenters. The lowest BCUT2D eigenvalue weighted by Crippen LogP contribution is -2.10. The van der Waals surface area contributed by atoms with E-state index < -0.39 is 31.1 Å². The van der Waals surface area contributed by atoms with Crippen LogP contribution >= 0.6 is 45.2 Å². The van der Waals surface area contributed by atoms with Gasteiger partial charge in [-0.2, -0.15) is 0 Å². The van der Waals surface area contributed by atoms with E-state index >= 15 is 0 Å². The average Bonchev–Trinajstić information content (AvgIpc) is 2.38. The Bertz CT molecular complexity index is 455. The van der Waals surface area contributed by atoms with Gasteiger partial charge in [-0.15, -0.1) is 13.2 Å². The predicted molar refractivity (Wildman–Crippen MR) is 80.2 cm³/mol. The molecule has 98 valence electrons. The molecule has 1 aromatic rings. The summed E-state index contributed by atoms with van der Waals surface area (Å²) >= 11 is 3.53. The molecule has 0 fully saturated rings. The van der Waals surface area contributed by atoms with E-state index in [4.69, 9.17) is 0 Å². The van der Waals surface area contributed by atoms with Crippen molar-refractivity contribution in [2.75, 3.05) is 0 Å². The predicted octanol–water partition coefficient (Wildman–Crippen LogP) is 5.57. The number of halogens is 6. The van der Waals surface area contributed by atoms with E-state index in [1.54, 1.807) is 45.2 Å². The quantitative estimate of drug-likeness (QED) is 0.132. The average molecular weight is 482 g/mol. The maximum absolute atomic E-state index is 13.8. The molecule has 0 amide bonds. The van der Waals surface area contributed by atoms with Crippen LogP contribution in [0.15, 0.2) is 25.3 Å². The molecule has 18 heavy (non-hydrogen) atoms. The first-order chi connectivity index (χ1) is 8.36. The Kier molecular flexibility index (Phi) is 5.63. The van der Waals surface area contributed by atoms with Crippen molar-refractivity contribution >= 4 is 45.2 Å². The van der Waals surface area contributed by atoms with Gasteiger partial charge in [0.2, 0.25) is 0 Å². The number of allylic oxidation sites excluding steroid dienone is 2. The van der Waals surface area contributed by atoms with E-state index in [1.807, 2.05) is 0 Å². The summed E-state index contributed by atoms with van der Waals surface area (Å²) in [5, 5.41) is 0. The second-order valence-electron chi connectivity index (χ2n) is 3.36. The van der Waals surface area contributed by atoms with Gasteiger partial charge in [0.25, 0.3) is 0 Å². The first-order valence-corrected chi connectivity index (χ1v) is 7.24. The van der Waals surface area contributed by atoms with Crippen molar-refractivity contribution in [3.05, 3.63) is 59.7 Å². The molecule has 0 saturated carbocycles. The van der Waals surface area contributed by atoms with Crippen LogP contribution < -0.4 is 0 Å². The van der Waals surface area contributed by atoms with Gasteiger partial charge in [0.1, 0.15) is 0 Å². The number of benzene rings is 1. The summed E-state index contributed by atoms with van der Waals surface area (Å²) in [7, 11) is 0. The Labute approximate surface area is 129 Å². The van der Waals surface area contributed by atoms with E-state index in [1.165, 1.54) is 12.2 Å². The van der Waals surface area contributed by atoms with E-state index in [9.17, 15) is 17.6 Å². The molecule has 0 aliphatic heterocycles. The molecule has 2 unspecified atom stereocenters. The van der Waals surface area contributed by atoms with Gasteiger partial charge in [0.05, 0.1) is 7.85 Å². The van der Waals surface area contributed by atoms with Crippen LogP contribution in [0.4, 0.5) is 17.6 Å². The highest BCUT2D eigenvalue weighted by Crippen LogP contribution is 2.40. The third kappa shape index (κ3) is 2.73. The molecule has 0 aliphatic rings. The highest BCUT2D eigenvalue weighted by Gasteiger charge is 2.29. The summed E-state index contributed by atoms with van der Waals surface area (Å²) in [6, 6.07) is 0. The van der Waals surface area contributed by atoms with Crippen molar-refractivity contribution in [1.29, 1.82) is 0 Å². The van der Waals surface area contributed by atoms with Gasteiger partial charge >= 0.3 is 0 Å². The van der Waals surface area contributed by atoms with Crippen LogP contribution in [0.25, 0.3) is 0 Å². The molecule has 6 heteroatoms. The first-order valence-electron chi connectivity index (χ1n) is 4.75. The van der Waals surface area contributed by atoms with E-state index in [0.717, 1.165) is 0 Å². The van der Waals surface area contributed by atoms with Gasteiger partial charge < -0.3 is 0 Å². The second kappa shape index (κ2) is 6.36. The van der Waals surface area contributed by atoms with Gasteiger partial charge in [0.15, 0.2) is 23.3 Å². The fourth-order valence-electron chi connectivity index (χ4n) is 1.44. The minimum atomic E-state index is -1.80. The standard InChI is InChI=1S/C12H8F4I2/c1-3-5(17)7-8(6(18)4-2)10(14)12(16)11(15)9(7)13/h3-6H,1-2H2. The normalized spacial score (nSPS) is 14.1. The lowest BCUT2D eigenvalue weighted by molar-refractivity contribution is 0.400. The van der Waals surface area contributed by atoms with Crippen LogP contribution in [0.3, 0.4) is 0 Å². The highest BCUT2D eigenvalue weighted by atomic mass is 127. The maximum Gasteiger partial charge on any atom is 0.197 e. The lowest BCUT2D eigenvalue weighted by atomic mass is 9.99. The summed E-state index contributed by atoms with van der Waals surface area (Å²) in [5.41, 5.74) is -0.470. The minimum absolute atomic E-state index is 0.235. The fraction of sp³-hybridized carbons (Fsp3) is 0.167. The van der Waals surface area contributed by atoms with Crippen molar-refractivity contribution in [3.8, 4) is 0 Å². The Morgan fingerprint density at radius 2 is 1.00 bits per heavy atom. The third-order valence-corrected chi connectivity index (χ3v) is 4.57. The van der Waals surface area contributed by atoms with Crippen LogP contribution in [0.2, 0.25) is 0 Å². The summed E-state index contributed by atoms with van der Waals surface area (Å²) in [6.07, 6.45) is 2.65.